The van der Waals surface area contributed by atoms with Crippen LogP contribution in [0.5, 0.6) is 0 Å². The summed E-state index contributed by atoms with van der Waals surface area (Å²) in [5, 5.41) is 3.63. The van der Waals surface area contributed by atoms with Crippen LogP contribution in [0.2, 0.25) is 0 Å². The first kappa shape index (κ1) is 13.1. The summed E-state index contributed by atoms with van der Waals surface area (Å²) in [6, 6.07) is 10.9. The molecule has 3 rings (SSSR count). The monoisotopic (exact) mass is 258 g/mol. The van der Waals surface area contributed by atoms with Crippen LogP contribution in [-0.4, -0.2) is 30.1 Å². The molecule has 0 aromatic heterocycles. The van der Waals surface area contributed by atoms with E-state index in [1.54, 1.807) is 0 Å². The zero-order valence-electron chi connectivity index (χ0n) is 12.3. The Morgan fingerprint density at radius 3 is 2.63 bits per heavy atom. The van der Waals surface area contributed by atoms with Crippen LogP contribution >= 0.6 is 0 Å². The van der Waals surface area contributed by atoms with Crippen molar-refractivity contribution < 1.29 is 0 Å². The lowest BCUT2D eigenvalue weighted by Gasteiger charge is -2.48. The molecule has 2 heteroatoms. The van der Waals surface area contributed by atoms with Crippen LogP contribution in [0.4, 0.5) is 0 Å². The van der Waals surface area contributed by atoms with E-state index >= 15 is 0 Å². The summed E-state index contributed by atoms with van der Waals surface area (Å²) in [7, 11) is 0. The second-order valence-electron chi connectivity index (χ2n) is 6.78. The van der Waals surface area contributed by atoms with Crippen LogP contribution in [-0.2, 0) is 6.54 Å². The molecule has 2 saturated heterocycles. The van der Waals surface area contributed by atoms with Crippen molar-refractivity contribution in [3.63, 3.8) is 0 Å². The highest BCUT2D eigenvalue weighted by atomic mass is 15.2. The van der Waals surface area contributed by atoms with Gasteiger partial charge in [-0.15, -0.1) is 0 Å². The molecular formula is C17H26N2. The van der Waals surface area contributed by atoms with E-state index in [2.05, 4.69) is 54.4 Å². The molecule has 0 amide bonds. The number of hydrogen-bond acceptors (Lipinski definition) is 2. The van der Waals surface area contributed by atoms with Crippen LogP contribution in [0.15, 0.2) is 30.3 Å². The molecule has 1 unspecified atom stereocenters. The van der Waals surface area contributed by atoms with Gasteiger partial charge in [0.05, 0.1) is 0 Å². The average molecular weight is 258 g/mol. The summed E-state index contributed by atoms with van der Waals surface area (Å²) in [5.74, 6) is 0. The van der Waals surface area contributed by atoms with Crippen molar-refractivity contribution >= 4 is 0 Å². The Hall–Kier alpha value is -0.860. The zero-order valence-corrected chi connectivity index (χ0v) is 12.3. The number of rotatable bonds is 2. The molecule has 1 N–H and O–H groups in total. The number of piperidine rings is 1. The van der Waals surface area contributed by atoms with Crippen LogP contribution in [0.25, 0.3) is 0 Å². The van der Waals surface area contributed by atoms with E-state index in [0.717, 1.165) is 6.54 Å². The van der Waals surface area contributed by atoms with Gasteiger partial charge in [-0.1, -0.05) is 30.3 Å². The smallest absolute Gasteiger partial charge is 0.0239 e. The van der Waals surface area contributed by atoms with E-state index in [-0.39, 0.29) is 0 Å². The van der Waals surface area contributed by atoms with Gasteiger partial charge in [-0.25, -0.2) is 0 Å². The minimum Gasteiger partial charge on any atom is -0.316 e. The van der Waals surface area contributed by atoms with Crippen molar-refractivity contribution in [1.82, 2.24) is 10.2 Å². The first-order valence-corrected chi connectivity index (χ1v) is 7.64. The van der Waals surface area contributed by atoms with Crippen molar-refractivity contribution in [2.24, 2.45) is 5.41 Å². The highest BCUT2D eigenvalue weighted by molar-refractivity contribution is 5.17. The van der Waals surface area contributed by atoms with Gasteiger partial charge in [0.2, 0.25) is 0 Å². The van der Waals surface area contributed by atoms with Crippen LogP contribution in [0, 0.1) is 5.41 Å². The molecule has 0 aliphatic carbocycles. The van der Waals surface area contributed by atoms with Gasteiger partial charge in [-0.3, -0.25) is 4.90 Å². The predicted octanol–water partition coefficient (Wildman–Crippen LogP) is 3.04. The first-order chi connectivity index (χ1) is 9.14. The molecule has 2 fully saturated rings. The topological polar surface area (TPSA) is 15.3 Å². The Morgan fingerprint density at radius 1 is 1.16 bits per heavy atom. The zero-order chi connectivity index (χ0) is 13.3. The lowest BCUT2D eigenvalue weighted by atomic mass is 9.67. The summed E-state index contributed by atoms with van der Waals surface area (Å²) in [6.45, 7) is 9.65. The molecular weight excluding hydrogens is 232 g/mol. The fourth-order valence-electron chi connectivity index (χ4n) is 4.05. The summed E-state index contributed by atoms with van der Waals surface area (Å²) >= 11 is 0. The number of hydrogen-bond donors (Lipinski definition) is 1. The molecule has 1 aromatic rings. The van der Waals surface area contributed by atoms with Crippen LogP contribution in [0.1, 0.15) is 38.7 Å². The highest BCUT2D eigenvalue weighted by Gasteiger charge is 2.52. The maximum Gasteiger partial charge on any atom is 0.0239 e. The predicted molar refractivity (Wildman–Crippen MR) is 80.1 cm³/mol. The molecule has 2 aliphatic rings. The Bertz CT molecular complexity index is 418. The average Bonchev–Trinajstić information content (AvgIpc) is 2.66. The van der Waals surface area contributed by atoms with Gasteiger partial charge in [-0.2, -0.15) is 0 Å². The fourth-order valence-corrected chi connectivity index (χ4v) is 4.05. The van der Waals surface area contributed by atoms with Crippen molar-refractivity contribution in [3.05, 3.63) is 35.9 Å². The van der Waals surface area contributed by atoms with E-state index in [9.17, 15) is 0 Å². The van der Waals surface area contributed by atoms with Crippen molar-refractivity contribution in [2.75, 3.05) is 19.6 Å². The third-order valence-corrected chi connectivity index (χ3v) is 5.64. The van der Waals surface area contributed by atoms with Crippen molar-refractivity contribution in [1.29, 1.82) is 0 Å². The molecule has 0 bridgehead atoms. The lowest BCUT2D eigenvalue weighted by molar-refractivity contribution is 0.0416. The molecule has 1 spiro atoms. The van der Waals surface area contributed by atoms with Gasteiger partial charge < -0.3 is 5.32 Å². The first-order valence-electron chi connectivity index (χ1n) is 7.64. The number of nitrogens with one attached hydrogen (secondary N) is 1. The summed E-state index contributed by atoms with van der Waals surface area (Å²) in [4.78, 5) is 2.69. The Morgan fingerprint density at radius 2 is 1.95 bits per heavy atom. The quantitative estimate of drug-likeness (QED) is 0.877. The number of likely N-dealkylation sites (tertiary alicyclic amines) is 1. The molecule has 19 heavy (non-hydrogen) atoms. The molecule has 0 radical (unpaired) electrons. The third kappa shape index (κ3) is 2.21. The second-order valence-corrected chi connectivity index (χ2v) is 6.78. The standard InChI is InChI=1S/C17H26N2/c1-16(2)17(9-6-11-18-14-17)10-12-19(16)13-15-7-4-3-5-8-15/h3-5,7-8,18H,6,9-14H2,1-2H3. The highest BCUT2D eigenvalue weighted by Crippen LogP contribution is 2.49. The lowest BCUT2D eigenvalue weighted by Crippen LogP contribution is -2.55. The molecule has 2 heterocycles. The second kappa shape index (κ2) is 4.92. The van der Waals surface area contributed by atoms with Crippen molar-refractivity contribution in [3.8, 4) is 0 Å². The molecule has 104 valence electrons. The fraction of sp³-hybridized carbons (Fsp3) is 0.647. The van der Waals surface area contributed by atoms with Crippen LogP contribution < -0.4 is 5.32 Å². The Balaban J connectivity index is 1.77. The Labute approximate surface area is 117 Å². The van der Waals surface area contributed by atoms with E-state index in [4.69, 9.17) is 0 Å². The molecule has 1 atom stereocenters. The van der Waals surface area contributed by atoms with E-state index in [1.807, 2.05) is 0 Å². The minimum absolute atomic E-state index is 0.302. The van der Waals surface area contributed by atoms with Gasteiger partial charge >= 0.3 is 0 Å². The summed E-state index contributed by atoms with van der Waals surface area (Å²) in [5.41, 5.74) is 2.23. The molecule has 2 aliphatic heterocycles. The molecule has 2 nitrogen and oxygen atoms in total. The largest absolute Gasteiger partial charge is 0.316 e. The van der Waals surface area contributed by atoms with E-state index in [0.29, 0.717) is 11.0 Å². The maximum absolute atomic E-state index is 3.63. The van der Waals surface area contributed by atoms with E-state index < -0.39 is 0 Å². The van der Waals surface area contributed by atoms with Gasteiger partial charge in [0.15, 0.2) is 0 Å². The van der Waals surface area contributed by atoms with Gasteiger partial charge in [0.1, 0.15) is 0 Å². The minimum atomic E-state index is 0.302. The Kier molecular flexibility index (Phi) is 3.40. The maximum atomic E-state index is 3.63. The van der Waals surface area contributed by atoms with Crippen molar-refractivity contribution in [2.45, 2.75) is 45.2 Å². The molecule has 1 aromatic carbocycles. The van der Waals surface area contributed by atoms with Gasteiger partial charge in [0.25, 0.3) is 0 Å². The summed E-state index contributed by atoms with van der Waals surface area (Å²) < 4.78 is 0. The summed E-state index contributed by atoms with van der Waals surface area (Å²) in [6.07, 6.45) is 4.07. The van der Waals surface area contributed by atoms with E-state index in [1.165, 1.54) is 44.5 Å². The number of nitrogens with zero attached hydrogens (tertiary/aromatic N) is 1. The third-order valence-electron chi connectivity index (χ3n) is 5.64. The van der Waals surface area contributed by atoms with Crippen LogP contribution in [0.3, 0.4) is 0 Å². The normalized spacial score (nSPS) is 30.8. The molecule has 0 saturated carbocycles. The SMILES string of the molecule is CC1(C)N(Cc2ccccc2)CCC12CCCNC2. The number of benzene rings is 1. The van der Waals surface area contributed by atoms with Gasteiger partial charge in [-0.05, 0) is 51.8 Å². The van der Waals surface area contributed by atoms with Gasteiger partial charge in [0, 0.05) is 24.0 Å².